The summed E-state index contributed by atoms with van der Waals surface area (Å²) in [5.74, 6) is -0.242. The summed E-state index contributed by atoms with van der Waals surface area (Å²) in [5, 5.41) is 4.54. The number of nitrogens with zero attached hydrogens (tertiary/aromatic N) is 3. The Labute approximate surface area is 117 Å². The van der Waals surface area contributed by atoms with Crippen LogP contribution in [-0.2, 0) is 5.41 Å². The Morgan fingerprint density at radius 2 is 1.80 bits per heavy atom. The third-order valence-corrected chi connectivity index (χ3v) is 3.31. The van der Waals surface area contributed by atoms with E-state index in [1.165, 1.54) is 12.1 Å². The zero-order valence-electron chi connectivity index (χ0n) is 11.8. The molecule has 0 fully saturated rings. The van der Waals surface area contributed by atoms with Crippen LogP contribution in [0.4, 0.5) is 4.39 Å². The van der Waals surface area contributed by atoms with E-state index in [2.05, 4.69) is 30.9 Å². The third-order valence-electron chi connectivity index (χ3n) is 3.31. The second-order valence-corrected chi connectivity index (χ2v) is 5.90. The number of fused-ring (bicyclic) bond motifs is 1. The molecule has 0 spiro atoms. The number of hydrogen-bond acceptors (Lipinski definition) is 2. The molecule has 2 heterocycles. The molecule has 0 aliphatic carbocycles. The molecule has 3 rings (SSSR count). The third kappa shape index (κ3) is 2.18. The average molecular weight is 269 g/mol. The largest absolute Gasteiger partial charge is 0.235 e. The van der Waals surface area contributed by atoms with Crippen LogP contribution < -0.4 is 0 Å². The maximum Gasteiger partial charge on any atom is 0.157 e. The van der Waals surface area contributed by atoms with Crippen molar-refractivity contribution in [2.75, 3.05) is 0 Å². The van der Waals surface area contributed by atoms with Gasteiger partial charge in [-0.1, -0.05) is 20.8 Å². The number of aromatic nitrogens is 3. The molecule has 3 aromatic rings. The number of hydrogen-bond donors (Lipinski definition) is 0. The van der Waals surface area contributed by atoms with Gasteiger partial charge in [0.15, 0.2) is 5.65 Å². The highest BCUT2D eigenvalue weighted by atomic mass is 19.1. The molecule has 0 aliphatic heterocycles. The van der Waals surface area contributed by atoms with Crippen molar-refractivity contribution in [1.82, 2.24) is 14.6 Å². The predicted octanol–water partition coefficient (Wildman–Crippen LogP) is 3.83. The molecular formula is C16H16FN3. The molecule has 1 aromatic carbocycles. The van der Waals surface area contributed by atoms with Crippen molar-refractivity contribution in [3.8, 4) is 11.3 Å². The second kappa shape index (κ2) is 4.40. The first-order valence-electron chi connectivity index (χ1n) is 6.56. The number of rotatable bonds is 1. The van der Waals surface area contributed by atoms with Crippen LogP contribution in [0.5, 0.6) is 0 Å². The van der Waals surface area contributed by atoms with Gasteiger partial charge in [-0.3, -0.25) is 0 Å². The first-order valence-corrected chi connectivity index (χ1v) is 6.56. The highest BCUT2D eigenvalue weighted by molar-refractivity contribution is 5.64. The molecule has 102 valence electrons. The van der Waals surface area contributed by atoms with Gasteiger partial charge in [0.1, 0.15) is 5.82 Å². The summed E-state index contributed by atoms with van der Waals surface area (Å²) in [4.78, 5) is 4.37. The highest BCUT2D eigenvalue weighted by Gasteiger charge is 2.20. The van der Waals surface area contributed by atoms with E-state index in [4.69, 9.17) is 0 Å². The smallest absolute Gasteiger partial charge is 0.157 e. The van der Waals surface area contributed by atoms with Crippen LogP contribution in [0.15, 0.2) is 42.7 Å². The summed E-state index contributed by atoms with van der Waals surface area (Å²) in [7, 11) is 0. The number of halogens is 1. The minimum atomic E-state index is -0.242. The number of benzene rings is 1. The fraction of sp³-hybridized carbons (Fsp3) is 0.250. The first-order chi connectivity index (χ1) is 9.45. The van der Waals surface area contributed by atoms with Gasteiger partial charge in [-0.15, -0.1) is 0 Å². The van der Waals surface area contributed by atoms with Crippen LogP contribution in [0.2, 0.25) is 0 Å². The van der Waals surface area contributed by atoms with Gasteiger partial charge in [0.05, 0.1) is 5.69 Å². The molecular weight excluding hydrogens is 253 g/mol. The fourth-order valence-electron chi connectivity index (χ4n) is 2.23. The monoisotopic (exact) mass is 269 g/mol. The van der Waals surface area contributed by atoms with Gasteiger partial charge in [-0.25, -0.2) is 13.9 Å². The van der Waals surface area contributed by atoms with Crippen molar-refractivity contribution < 1.29 is 4.39 Å². The Kier molecular flexibility index (Phi) is 2.82. The zero-order chi connectivity index (χ0) is 14.3. The molecule has 0 radical (unpaired) electrons. The van der Waals surface area contributed by atoms with Crippen molar-refractivity contribution in [3.05, 3.63) is 54.1 Å². The minimum absolute atomic E-state index is 0.0374. The molecule has 3 nitrogen and oxygen atoms in total. The topological polar surface area (TPSA) is 30.2 Å². The van der Waals surface area contributed by atoms with Crippen LogP contribution in [0.1, 0.15) is 26.3 Å². The fourth-order valence-corrected chi connectivity index (χ4v) is 2.23. The van der Waals surface area contributed by atoms with E-state index in [-0.39, 0.29) is 11.2 Å². The molecule has 0 aliphatic rings. The van der Waals surface area contributed by atoms with E-state index in [1.54, 1.807) is 22.8 Å². The van der Waals surface area contributed by atoms with Gasteiger partial charge < -0.3 is 0 Å². The molecule has 2 aromatic heterocycles. The summed E-state index contributed by atoms with van der Waals surface area (Å²) < 4.78 is 14.8. The van der Waals surface area contributed by atoms with Crippen molar-refractivity contribution in [2.24, 2.45) is 0 Å². The summed E-state index contributed by atoms with van der Waals surface area (Å²) in [6.07, 6.45) is 3.57. The number of imidazole rings is 1. The van der Waals surface area contributed by atoms with Gasteiger partial charge >= 0.3 is 0 Å². The molecule has 0 saturated heterocycles. The molecule has 0 N–H and O–H groups in total. The second-order valence-electron chi connectivity index (χ2n) is 5.90. The Morgan fingerprint density at radius 1 is 1.10 bits per heavy atom. The van der Waals surface area contributed by atoms with E-state index < -0.39 is 0 Å². The predicted molar refractivity (Wildman–Crippen MR) is 77.1 cm³/mol. The van der Waals surface area contributed by atoms with Crippen molar-refractivity contribution in [3.63, 3.8) is 0 Å². The lowest BCUT2D eigenvalue weighted by Gasteiger charge is -2.20. The Hall–Kier alpha value is -2.23. The van der Waals surface area contributed by atoms with Crippen molar-refractivity contribution in [2.45, 2.75) is 26.2 Å². The van der Waals surface area contributed by atoms with E-state index in [0.717, 1.165) is 22.5 Å². The zero-order valence-corrected chi connectivity index (χ0v) is 11.8. The van der Waals surface area contributed by atoms with Gasteiger partial charge in [0.2, 0.25) is 0 Å². The molecule has 0 saturated carbocycles. The molecule has 0 unspecified atom stereocenters. The van der Waals surface area contributed by atoms with Crippen molar-refractivity contribution in [1.29, 1.82) is 0 Å². The van der Waals surface area contributed by atoms with Crippen molar-refractivity contribution >= 4 is 5.65 Å². The standard InChI is InChI=1S/C16H16FN3/c1-16(2,3)13-10-14(11-4-6-12(17)7-5-11)19-20-9-8-18-15(13)20/h4-10H,1-3H3. The maximum absolute atomic E-state index is 13.0. The quantitative estimate of drug-likeness (QED) is 0.672. The van der Waals surface area contributed by atoms with Gasteiger partial charge in [0.25, 0.3) is 0 Å². The Bertz CT molecular complexity index is 751. The van der Waals surface area contributed by atoms with Crippen LogP contribution in [0.25, 0.3) is 16.9 Å². The molecule has 0 atom stereocenters. The SMILES string of the molecule is CC(C)(C)c1cc(-c2ccc(F)cc2)nn2ccnc12. The minimum Gasteiger partial charge on any atom is -0.235 e. The molecule has 0 amide bonds. The highest BCUT2D eigenvalue weighted by Crippen LogP contribution is 2.29. The lowest BCUT2D eigenvalue weighted by Crippen LogP contribution is -2.14. The Balaban J connectivity index is 2.24. The normalized spacial score (nSPS) is 12.0. The van der Waals surface area contributed by atoms with Crippen LogP contribution >= 0.6 is 0 Å². The lowest BCUT2D eigenvalue weighted by atomic mass is 9.87. The molecule has 20 heavy (non-hydrogen) atoms. The van der Waals surface area contributed by atoms with Gasteiger partial charge in [0, 0.05) is 23.5 Å². The van der Waals surface area contributed by atoms with Gasteiger partial charge in [-0.2, -0.15) is 5.10 Å². The molecule has 4 heteroatoms. The van der Waals surface area contributed by atoms with Crippen LogP contribution in [0, 0.1) is 5.82 Å². The van der Waals surface area contributed by atoms with E-state index in [1.807, 2.05) is 12.3 Å². The van der Waals surface area contributed by atoms with E-state index in [9.17, 15) is 4.39 Å². The van der Waals surface area contributed by atoms with Crippen LogP contribution in [0.3, 0.4) is 0 Å². The summed E-state index contributed by atoms with van der Waals surface area (Å²) in [6, 6.07) is 8.42. The lowest BCUT2D eigenvalue weighted by molar-refractivity contribution is 0.589. The van der Waals surface area contributed by atoms with Gasteiger partial charge in [-0.05, 0) is 35.7 Å². The average Bonchev–Trinajstić information content (AvgIpc) is 2.85. The summed E-state index contributed by atoms with van der Waals surface area (Å²) >= 11 is 0. The summed E-state index contributed by atoms with van der Waals surface area (Å²) in [6.45, 7) is 6.43. The molecule has 0 bridgehead atoms. The van der Waals surface area contributed by atoms with E-state index >= 15 is 0 Å². The Morgan fingerprint density at radius 3 is 2.45 bits per heavy atom. The van der Waals surface area contributed by atoms with Crippen LogP contribution in [-0.4, -0.2) is 14.6 Å². The van der Waals surface area contributed by atoms with E-state index in [0.29, 0.717) is 0 Å². The maximum atomic E-state index is 13.0. The summed E-state index contributed by atoms with van der Waals surface area (Å²) in [5.41, 5.74) is 3.66. The first kappa shape index (κ1) is 12.8.